The molecule has 3 nitrogen and oxygen atoms in total. The molecule has 0 heterocycles. The summed E-state index contributed by atoms with van der Waals surface area (Å²) in [4.78, 5) is 2.21. The standard InChI is InChI=1S/C15H24N2O/c1-17(2)11-10-16-15(12-4-5-12)13-6-8-14(18-3)9-7-13/h6-9,12,15-16H,4-5,10-11H2,1-3H3. The van der Waals surface area contributed by atoms with Gasteiger partial charge in [-0.15, -0.1) is 0 Å². The van der Waals surface area contributed by atoms with Crippen LogP contribution in [0.2, 0.25) is 0 Å². The van der Waals surface area contributed by atoms with E-state index >= 15 is 0 Å². The summed E-state index contributed by atoms with van der Waals surface area (Å²) in [7, 11) is 5.94. The third-order valence-electron chi connectivity index (χ3n) is 3.49. The molecule has 0 aromatic heterocycles. The number of benzene rings is 1. The van der Waals surface area contributed by atoms with Gasteiger partial charge in [0.15, 0.2) is 0 Å². The van der Waals surface area contributed by atoms with Crippen molar-refractivity contribution in [3.8, 4) is 5.75 Å². The van der Waals surface area contributed by atoms with Crippen molar-refractivity contribution in [2.75, 3.05) is 34.3 Å². The van der Waals surface area contributed by atoms with Crippen LogP contribution in [0.1, 0.15) is 24.4 Å². The van der Waals surface area contributed by atoms with E-state index in [2.05, 4.69) is 48.6 Å². The molecule has 1 aliphatic carbocycles. The highest BCUT2D eigenvalue weighted by Crippen LogP contribution is 2.41. The van der Waals surface area contributed by atoms with Crippen molar-refractivity contribution in [3.63, 3.8) is 0 Å². The zero-order chi connectivity index (χ0) is 13.0. The molecule has 0 radical (unpaired) electrons. The number of rotatable bonds is 7. The fraction of sp³-hybridized carbons (Fsp3) is 0.600. The second-order valence-corrected chi connectivity index (χ2v) is 5.35. The van der Waals surface area contributed by atoms with E-state index in [1.807, 2.05) is 0 Å². The van der Waals surface area contributed by atoms with Gasteiger partial charge in [0.2, 0.25) is 0 Å². The Morgan fingerprint density at radius 1 is 1.28 bits per heavy atom. The van der Waals surface area contributed by atoms with Crippen LogP contribution in [0.15, 0.2) is 24.3 Å². The first-order chi connectivity index (χ1) is 8.70. The van der Waals surface area contributed by atoms with Crippen LogP contribution in [-0.4, -0.2) is 39.2 Å². The van der Waals surface area contributed by atoms with Crippen molar-refractivity contribution < 1.29 is 4.74 Å². The molecule has 0 saturated heterocycles. The Morgan fingerprint density at radius 3 is 2.44 bits per heavy atom. The highest BCUT2D eigenvalue weighted by Gasteiger charge is 2.31. The summed E-state index contributed by atoms with van der Waals surface area (Å²) in [6.45, 7) is 2.12. The van der Waals surface area contributed by atoms with Gasteiger partial charge in [-0.25, -0.2) is 0 Å². The molecule has 1 aliphatic rings. The number of nitrogens with zero attached hydrogens (tertiary/aromatic N) is 1. The van der Waals surface area contributed by atoms with Crippen molar-refractivity contribution in [2.45, 2.75) is 18.9 Å². The lowest BCUT2D eigenvalue weighted by atomic mass is 10.0. The van der Waals surface area contributed by atoms with Crippen LogP contribution >= 0.6 is 0 Å². The molecule has 1 aromatic carbocycles. The van der Waals surface area contributed by atoms with Crippen LogP contribution in [0.4, 0.5) is 0 Å². The third-order valence-corrected chi connectivity index (χ3v) is 3.49. The van der Waals surface area contributed by atoms with Crippen LogP contribution in [0.5, 0.6) is 5.75 Å². The van der Waals surface area contributed by atoms with E-state index in [0.717, 1.165) is 24.8 Å². The van der Waals surface area contributed by atoms with Crippen molar-refractivity contribution in [3.05, 3.63) is 29.8 Å². The SMILES string of the molecule is COc1ccc(C(NCCN(C)C)C2CC2)cc1. The average molecular weight is 248 g/mol. The van der Waals surface area contributed by atoms with Gasteiger partial charge in [0.1, 0.15) is 5.75 Å². The monoisotopic (exact) mass is 248 g/mol. The predicted octanol–water partition coefficient (Wildman–Crippen LogP) is 2.30. The third kappa shape index (κ3) is 3.72. The van der Waals surface area contributed by atoms with Gasteiger partial charge in [0.05, 0.1) is 7.11 Å². The fourth-order valence-corrected chi connectivity index (χ4v) is 2.24. The highest BCUT2D eigenvalue weighted by atomic mass is 16.5. The van der Waals surface area contributed by atoms with Gasteiger partial charge in [-0.1, -0.05) is 12.1 Å². The normalized spacial score (nSPS) is 16.9. The van der Waals surface area contributed by atoms with Crippen LogP contribution in [-0.2, 0) is 0 Å². The van der Waals surface area contributed by atoms with Gasteiger partial charge in [-0.3, -0.25) is 0 Å². The number of hydrogen-bond donors (Lipinski definition) is 1. The van der Waals surface area contributed by atoms with E-state index in [0.29, 0.717) is 6.04 Å². The van der Waals surface area contributed by atoms with Crippen molar-refractivity contribution in [1.29, 1.82) is 0 Å². The lowest BCUT2D eigenvalue weighted by molar-refractivity contribution is 0.374. The van der Waals surface area contributed by atoms with Crippen molar-refractivity contribution >= 4 is 0 Å². The number of nitrogens with one attached hydrogen (secondary N) is 1. The molecule has 0 amide bonds. The molecule has 3 heteroatoms. The summed E-state index contributed by atoms with van der Waals surface area (Å²) in [6.07, 6.45) is 2.71. The Bertz CT molecular complexity index is 357. The van der Waals surface area contributed by atoms with Gasteiger partial charge >= 0.3 is 0 Å². The molecule has 1 saturated carbocycles. The predicted molar refractivity (Wildman–Crippen MR) is 75.0 cm³/mol. The fourth-order valence-electron chi connectivity index (χ4n) is 2.24. The molecule has 1 N–H and O–H groups in total. The van der Waals surface area contributed by atoms with Gasteiger partial charge in [-0.2, -0.15) is 0 Å². The maximum absolute atomic E-state index is 5.21. The zero-order valence-corrected chi connectivity index (χ0v) is 11.6. The first kappa shape index (κ1) is 13.4. The van der Waals surface area contributed by atoms with E-state index < -0.39 is 0 Å². The maximum Gasteiger partial charge on any atom is 0.118 e. The van der Waals surface area contributed by atoms with E-state index in [-0.39, 0.29) is 0 Å². The smallest absolute Gasteiger partial charge is 0.118 e. The molecule has 0 spiro atoms. The molecule has 0 aliphatic heterocycles. The minimum atomic E-state index is 0.510. The van der Waals surface area contributed by atoms with E-state index in [1.54, 1.807) is 7.11 Å². The summed E-state index contributed by atoms with van der Waals surface area (Å²) in [5.41, 5.74) is 1.39. The minimum Gasteiger partial charge on any atom is -0.497 e. The molecule has 0 bridgehead atoms. The molecular weight excluding hydrogens is 224 g/mol. The number of methoxy groups -OCH3 is 1. The Hall–Kier alpha value is -1.06. The lowest BCUT2D eigenvalue weighted by Gasteiger charge is -2.20. The first-order valence-corrected chi connectivity index (χ1v) is 6.73. The topological polar surface area (TPSA) is 24.5 Å². The van der Waals surface area contributed by atoms with Gasteiger partial charge in [-0.05, 0) is 50.6 Å². The van der Waals surface area contributed by atoms with Gasteiger partial charge in [0.25, 0.3) is 0 Å². The Labute approximate surface area is 110 Å². The molecule has 18 heavy (non-hydrogen) atoms. The first-order valence-electron chi connectivity index (χ1n) is 6.73. The van der Waals surface area contributed by atoms with E-state index in [1.165, 1.54) is 18.4 Å². The number of hydrogen-bond acceptors (Lipinski definition) is 3. The number of likely N-dealkylation sites (N-methyl/N-ethyl adjacent to an activating group) is 1. The Morgan fingerprint density at radius 2 is 1.94 bits per heavy atom. The largest absolute Gasteiger partial charge is 0.497 e. The van der Waals surface area contributed by atoms with E-state index in [9.17, 15) is 0 Å². The van der Waals surface area contributed by atoms with Crippen LogP contribution < -0.4 is 10.1 Å². The summed E-state index contributed by atoms with van der Waals surface area (Å²) in [5, 5.41) is 3.68. The second-order valence-electron chi connectivity index (χ2n) is 5.35. The molecule has 1 fully saturated rings. The molecule has 1 atom stereocenters. The van der Waals surface area contributed by atoms with E-state index in [4.69, 9.17) is 4.74 Å². The molecule has 2 rings (SSSR count). The quantitative estimate of drug-likeness (QED) is 0.801. The second kappa shape index (κ2) is 6.21. The van der Waals surface area contributed by atoms with Gasteiger partial charge < -0.3 is 15.0 Å². The van der Waals surface area contributed by atoms with Crippen molar-refractivity contribution in [1.82, 2.24) is 10.2 Å². The lowest BCUT2D eigenvalue weighted by Crippen LogP contribution is -2.30. The van der Waals surface area contributed by atoms with Gasteiger partial charge in [0, 0.05) is 19.1 Å². The Balaban J connectivity index is 1.95. The molecular formula is C15H24N2O. The Kier molecular flexibility index (Phi) is 4.61. The summed E-state index contributed by atoms with van der Waals surface area (Å²) in [5.74, 6) is 1.75. The zero-order valence-electron chi connectivity index (χ0n) is 11.6. The number of ether oxygens (including phenoxy) is 1. The summed E-state index contributed by atoms with van der Waals surface area (Å²) in [6, 6.07) is 8.99. The molecule has 1 aromatic rings. The molecule has 1 unspecified atom stereocenters. The van der Waals surface area contributed by atoms with Crippen molar-refractivity contribution in [2.24, 2.45) is 5.92 Å². The van der Waals surface area contributed by atoms with Crippen LogP contribution in [0.25, 0.3) is 0 Å². The molecule has 100 valence electrons. The minimum absolute atomic E-state index is 0.510. The van der Waals surface area contributed by atoms with Crippen LogP contribution in [0, 0.1) is 5.92 Å². The highest BCUT2D eigenvalue weighted by molar-refractivity contribution is 5.30. The summed E-state index contributed by atoms with van der Waals surface area (Å²) >= 11 is 0. The van der Waals surface area contributed by atoms with Crippen LogP contribution in [0.3, 0.4) is 0 Å². The maximum atomic E-state index is 5.21. The summed E-state index contributed by atoms with van der Waals surface area (Å²) < 4.78 is 5.21. The average Bonchev–Trinajstić information content (AvgIpc) is 3.19.